The van der Waals surface area contributed by atoms with Crippen molar-refractivity contribution < 1.29 is 4.74 Å². The minimum Gasteiger partial charge on any atom is -0.497 e. The number of nitrogens with zero attached hydrogens (tertiary/aromatic N) is 2. The van der Waals surface area contributed by atoms with Gasteiger partial charge in [-0.05, 0) is 61.6 Å². The van der Waals surface area contributed by atoms with Gasteiger partial charge in [-0.1, -0.05) is 39.7 Å². The minimum atomic E-state index is 0.521. The molecular formula is C24H40N2O. The first-order valence-corrected chi connectivity index (χ1v) is 11.2. The fourth-order valence-electron chi connectivity index (χ4n) is 4.78. The molecule has 27 heavy (non-hydrogen) atoms. The summed E-state index contributed by atoms with van der Waals surface area (Å²) in [5, 5.41) is 0. The van der Waals surface area contributed by atoms with Crippen molar-refractivity contribution in [2.45, 2.75) is 71.6 Å². The lowest BCUT2D eigenvalue weighted by atomic mass is 9.71. The number of anilines is 1. The fourth-order valence-corrected chi connectivity index (χ4v) is 4.78. The van der Waals surface area contributed by atoms with Gasteiger partial charge >= 0.3 is 0 Å². The molecule has 0 amide bonds. The fraction of sp³-hybridized carbons (Fsp3) is 0.750. The molecule has 1 heterocycles. The zero-order valence-corrected chi connectivity index (χ0v) is 18.1. The molecule has 1 aliphatic carbocycles. The third-order valence-electron chi connectivity index (χ3n) is 6.81. The summed E-state index contributed by atoms with van der Waals surface area (Å²) in [5.74, 6) is 1.71. The van der Waals surface area contributed by atoms with Crippen LogP contribution in [0, 0.1) is 5.41 Å². The molecule has 3 heteroatoms. The van der Waals surface area contributed by atoms with Crippen LogP contribution in [0.15, 0.2) is 18.2 Å². The number of ether oxygens (including phenoxy) is 1. The van der Waals surface area contributed by atoms with Gasteiger partial charge in [-0.15, -0.1) is 0 Å². The van der Waals surface area contributed by atoms with Crippen molar-refractivity contribution in [2.75, 3.05) is 44.7 Å². The maximum Gasteiger partial charge on any atom is 0.120 e. The second-order valence-electron chi connectivity index (χ2n) is 9.40. The molecule has 0 aromatic heterocycles. The number of hydrogen-bond acceptors (Lipinski definition) is 3. The third kappa shape index (κ3) is 5.40. The first-order valence-electron chi connectivity index (χ1n) is 11.2. The average molecular weight is 373 g/mol. The highest BCUT2D eigenvalue weighted by Gasteiger charge is 2.30. The molecule has 3 nitrogen and oxygen atoms in total. The van der Waals surface area contributed by atoms with Crippen LogP contribution in [0.5, 0.6) is 5.75 Å². The van der Waals surface area contributed by atoms with Gasteiger partial charge in [0.05, 0.1) is 7.11 Å². The standard InChI is InChI=1S/C24H40N2O/c1-5-6-7-14-25-15-17-26(18-16-25)23-19-21(27-4)8-9-22(23)20-10-12-24(2,3)13-11-20/h8-9,19-20H,5-7,10-18H2,1-4H3. The summed E-state index contributed by atoms with van der Waals surface area (Å²) in [5.41, 5.74) is 3.52. The zero-order valence-electron chi connectivity index (χ0n) is 18.1. The Hall–Kier alpha value is -1.22. The highest BCUT2D eigenvalue weighted by Crippen LogP contribution is 2.45. The van der Waals surface area contributed by atoms with Crippen LogP contribution < -0.4 is 9.64 Å². The Kier molecular flexibility index (Phi) is 7.08. The van der Waals surface area contributed by atoms with Crippen molar-refractivity contribution in [1.82, 2.24) is 4.90 Å². The molecule has 1 saturated heterocycles. The largest absolute Gasteiger partial charge is 0.497 e. The van der Waals surface area contributed by atoms with Crippen LogP contribution in [0.2, 0.25) is 0 Å². The van der Waals surface area contributed by atoms with Crippen molar-refractivity contribution in [3.63, 3.8) is 0 Å². The van der Waals surface area contributed by atoms with E-state index in [9.17, 15) is 0 Å². The number of unbranched alkanes of at least 4 members (excludes halogenated alkanes) is 2. The molecule has 1 aromatic carbocycles. The Morgan fingerprint density at radius 2 is 1.74 bits per heavy atom. The molecule has 0 radical (unpaired) electrons. The molecule has 0 spiro atoms. The number of benzene rings is 1. The lowest BCUT2D eigenvalue weighted by molar-refractivity contribution is 0.224. The van der Waals surface area contributed by atoms with Crippen LogP contribution in [-0.4, -0.2) is 44.7 Å². The number of piperazine rings is 1. The molecule has 2 aliphatic rings. The Bertz CT molecular complexity index is 580. The second-order valence-corrected chi connectivity index (χ2v) is 9.40. The average Bonchev–Trinajstić information content (AvgIpc) is 2.68. The highest BCUT2D eigenvalue weighted by molar-refractivity contribution is 5.59. The summed E-state index contributed by atoms with van der Waals surface area (Å²) >= 11 is 0. The Morgan fingerprint density at radius 1 is 1.04 bits per heavy atom. The van der Waals surface area contributed by atoms with Gasteiger partial charge in [0.15, 0.2) is 0 Å². The highest BCUT2D eigenvalue weighted by atomic mass is 16.5. The lowest BCUT2D eigenvalue weighted by Crippen LogP contribution is -2.47. The lowest BCUT2D eigenvalue weighted by Gasteiger charge is -2.40. The topological polar surface area (TPSA) is 15.7 Å². The Balaban J connectivity index is 1.69. The smallest absolute Gasteiger partial charge is 0.120 e. The summed E-state index contributed by atoms with van der Waals surface area (Å²) < 4.78 is 5.57. The van der Waals surface area contributed by atoms with Crippen LogP contribution in [0.1, 0.15) is 77.2 Å². The van der Waals surface area contributed by atoms with E-state index in [1.165, 1.54) is 70.3 Å². The summed E-state index contributed by atoms with van der Waals surface area (Å²) in [6, 6.07) is 6.81. The summed E-state index contributed by atoms with van der Waals surface area (Å²) in [4.78, 5) is 5.27. The number of hydrogen-bond donors (Lipinski definition) is 0. The quantitative estimate of drug-likeness (QED) is 0.572. The van der Waals surface area contributed by atoms with Crippen LogP contribution in [0.4, 0.5) is 5.69 Å². The van der Waals surface area contributed by atoms with Gasteiger partial charge in [-0.2, -0.15) is 0 Å². The zero-order chi connectivity index (χ0) is 19.3. The van der Waals surface area contributed by atoms with Crippen molar-refractivity contribution in [1.29, 1.82) is 0 Å². The van der Waals surface area contributed by atoms with E-state index in [0.717, 1.165) is 18.8 Å². The van der Waals surface area contributed by atoms with Crippen LogP contribution in [0.25, 0.3) is 0 Å². The molecule has 2 fully saturated rings. The molecule has 1 saturated carbocycles. The van der Waals surface area contributed by atoms with E-state index in [1.807, 2.05) is 0 Å². The molecule has 1 aliphatic heterocycles. The van der Waals surface area contributed by atoms with E-state index in [-0.39, 0.29) is 0 Å². The van der Waals surface area contributed by atoms with Crippen molar-refractivity contribution >= 4 is 5.69 Å². The van der Waals surface area contributed by atoms with Gasteiger partial charge < -0.3 is 9.64 Å². The molecule has 0 bridgehead atoms. The summed E-state index contributed by atoms with van der Waals surface area (Å²) in [6.45, 7) is 13.1. The molecule has 1 aromatic rings. The number of rotatable bonds is 7. The van der Waals surface area contributed by atoms with Crippen molar-refractivity contribution in [3.05, 3.63) is 23.8 Å². The molecule has 3 rings (SSSR count). The van der Waals surface area contributed by atoms with Crippen molar-refractivity contribution in [2.24, 2.45) is 5.41 Å². The van der Waals surface area contributed by atoms with Crippen LogP contribution in [0.3, 0.4) is 0 Å². The van der Waals surface area contributed by atoms with Gasteiger partial charge in [-0.25, -0.2) is 0 Å². The van der Waals surface area contributed by atoms with E-state index >= 15 is 0 Å². The van der Waals surface area contributed by atoms with Gasteiger partial charge in [0.1, 0.15) is 5.75 Å². The first-order chi connectivity index (χ1) is 13.0. The molecule has 0 atom stereocenters. The maximum atomic E-state index is 5.57. The molecule has 0 N–H and O–H groups in total. The van der Waals surface area contributed by atoms with Gasteiger partial charge in [0.25, 0.3) is 0 Å². The normalized spacial score (nSPS) is 21.4. The van der Waals surface area contributed by atoms with E-state index in [0.29, 0.717) is 11.3 Å². The SMILES string of the molecule is CCCCCN1CCN(c2cc(OC)ccc2C2CCC(C)(C)CC2)CC1. The van der Waals surface area contributed by atoms with Gasteiger partial charge in [0.2, 0.25) is 0 Å². The third-order valence-corrected chi connectivity index (χ3v) is 6.81. The monoisotopic (exact) mass is 372 g/mol. The van der Waals surface area contributed by atoms with E-state index in [4.69, 9.17) is 4.74 Å². The molecular weight excluding hydrogens is 332 g/mol. The predicted octanol–water partition coefficient (Wildman–Crippen LogP) is 5.69. The maximum absolute atomic E-state index is 5.57. The number of methoxy groups -OCH3 is 1. The predicted molar refractivity (Wildman–Crippen MR) is 116 cm³/mol. The minimum absolute atomic E-state index is 0.521. The van der Waals surface area contributed by atoms with E-state index in [2.05, 4.69) is 48.8 Å². The van der Waals surface area contributed by atoms with Crippen LogP contribution >= 0.6 is 0 Å². The second kappa shape index (κ2) is 9.32. The summed E-state index contributed by atoms with van der Waals surface area (Å²) in [7, 11) is 1.79. The Labute approximate surface area is 167 Å². The van der Waals surface area contributed by atoms with E-state index < -0.39 is 0 Å². The molecule has 152 valence electrons. The summed E-state index contributed by atoms with van der Waals surface area (Å²) in [6.07, 6.45) is 9.34. The van der Waals surface area contributed by atoms with Gasteiger partial charge in [0, 0.05) is 37.9 Å². The molecule has 0 unspecified atom stereocenters. The van der Waals surface area contributed by atoms with Crippen LogP contribution in [-0.2, 0) is 0 Å². The Morgan fingerprint density at radius 3 is 2.37 bits per heavy atom. The van der Waals surface area contributed by atoms with E-state index in [1.54, 1.807) is 12.7 Å². The van der Waals surface area contributed by atoms with Crippen molar-refractivity contribution in [3.8, 4) is 5.75 Å². The van der Waals surface area contributed by atoms with Gasteiger partial charge in [-0.3, -0.25) is 4.90 Å². The first kappa shape index (κ1) is 20.5.